The van der Waals surface area contributed by atoms with Crippen LogP contribution in [-0.4, -0.2) is 20.5 Å². The molecule has 0 amide bonds. The normalized spacial score (nSPS) is 10.7. The van der Waals surface area contributed by atoms with Crippen LogP contribution in [0.5, 0.6) is 0 Å². The van der Waals surface area contributed by atoms with Crippen molar-refractivity contribution in [3.05, 3.63) is 77.2 Å². The minimum atomic E-state index is 0.0885. The number of carbonyl (C=O) groups is 1. The molecule has 0 saturated heterocycles. The van der Waals surface area contributed by atoms with E-state index < -0.39 is 0 Å². The van der Waals surface area contributed by atoms with Crippen LogP contribution in [0, 0.1) is 6.92 Å². The lowest BCUT2D eigenvalue weighted by Crippen LogP contribution is -2.03. The van der Waals surface area contributed by atoms with E-state index in [0.29, 0.717) is 30.8 Å². The summed E-state index contributed by atoms with van der Waals surface area (Å²) in [6, 6.07) is 13.8. The zero-order valence-corrected chi connectivity index (χ0v) is 13.6. The largest absolute Gasteiger partial charge is 0.384 e. The van der Waals surface area contributed by atoms with Crippen molar-refractivity contribution in [3.8, 4) is 0 Å². The van der Waals surface area contributed by atoms with E-state index in [1.807, 2.05) is 49.5 Å². The number of rotatable bonds is 6. The summed E-state index contributed by atoms with van der Waals surface area (Å²) in [6.07, 6.45) is 4.54. The molecular weight excluding hydrogens is 300 g/mol. The molecule has 0 aliphatic rings. The first kappa shape index (κ1) is 15.9. The number of hydrogen-bond donors (Lipinski definition) is 1. The number of hydrogen-bond acceptors (Lipinski definition) is 4. The summed E-state index contributed by atoms with van der Waals surface area (Å²) >= 11 is 0. The van der Waals surface area contributed by atoms with Crippen LogP contribution in [0.25, 0.3) is 0 Å². The highest BCUT2D eigenvalue weighted by Crippen LogP contribution is 2.13. The summed E-state index contributed by atoms with van der Waals surface area (Å²) in [4.78, 5) is 16.6. The number of aryl methyl sites for hydroxylation is 2. The van der Waals surface area contributed by atoms with Crippen LogP contribution in [0.4, 0.5) is 5.82 Å². The maximum absolute atomic E-state index is 12.4. The van der Waals surface area contributed by atoms with E-state index in [4.69, 9.17) is 5.73 Å². The van der Waals surface area contributed by atoms with Crippen molar-refractivity contribution in [2.45, 2.75) is 26.3 Å². The molecule has 0 radical (unpaired) electrons. The third-order valence-electron chi connectivity index (χ3n) is 3.98. The van der Waals surface area contributed by atoms with E-state index in [1.165, 1.54) is 0 Å². The van der Waals surface area contributed by atoms with Gasteiger partial charge in [-0.1, -0.05) is 36.4 Å². The molecule has 0 atom stereocenters. The zero-order chi connectivity index (χ0) is 16.9. The maximum Gasteiger partial charge on any atom is 0.166 e. The molecule has 122 valence electrons. The summed E-state index contributed by atoms with van der Waals surface area (Å²) < 4.78 is 1.79. The molecule has 2 N–H and O–H groups in total. The van der Waals surface area contributed by atoms with Gasteiger partial charge in [0, 0.05) is 18.3 Å². The lowest BCUT2D eigenvalue weighted by molar-refractivity contribution is 0.0982. The minimum Gasteiger partial charge on any atom is -0.384 e. The molecule has 5 nitrogen and oxygen atoms in total. The number of nitrogen functional groups attached to an aromatic ring is 1. The van der Waals surface area contributed by atoms with E-state index in [-0.39, 0.29) is 5.78 Å². The van der Waals surface area contributed by atoms with Gasteiger partial charge in [-0.05, 0) is 30.5 Å². The van der Waals surface area contributed by atoms with Gasteiger partial charge in [-0.2, -0.15) is 5.10 Å². The smallest absolute Gasteiger partial charge is 0.166 e. The second-order valence-corrected chi connectivity index (χ2v) is 5.82. The van der Waals surface area contributed by atoms with Gasteiger partial charge in [-0.3, -0.25) is 9.48 Å². The molecule has 0 spiro atoms. The van der Waals surface area contributed by atoms with Gasteiger partial charge in [-0.15, -0.1) is 0 Å². The number of carbonyl (C=O) groups excluding carboxylic acids is 1. The Bertz CT molecular complexity index is 840. The molecule has 2 aromatic heterocycles. The monoisotopic (exact) mass is 320 g/mol. The first-order chi connectivity index (χ1) is 11.6. The van der Waals surface area contributed by atoms with Crippen LogP contribution in [0.1, 0.15) is 33.6 Å². The summed E-state index contributed by atoms with van der Waals surface area (Å²) in [7, 11) is 0. The van der Waals surface area contributed by atoms with Crippen molar-refractivity contribution in [2.75, 3.05) is 5.73 Å². The number of ketones is 1. The van der Waals surface area contributed by atoms with Gasteiger partial charge in [0.15, 0.2) is 5.78 Å². The average Bonchev–Trinajstić information content (AvgIpc) is 3.03. The predicted molar refractivity (Wildman–Crippen MR) is 93.8 cm³/mol. The summed E-state index contributed by atoms with van der Waals surface area (Å²) in [6.45, 7) is 2.57. The predicted octanol–water partition coefficient (Wildman–Crippen LogP) is 3.03. The quantitative estimate of drug-likeness (QED) is 0.708. The molecule has 3 aromatic rings. The molecule has 0 aliphatic heterocycles. The van der Waals surface area contributed by atoms with Gasteiger partial charge in [0.05, 0.1) is 18.3 Å². The Morgan fingerprint density at radius 1 is 1.17 bits per heavy atom. The van der Waals surface area contributed by atoms with Gasteiger partial charge in [-0.25, -0.2) is 4.98 Å². The summed E-state index contributed by atoms with van der Waals surface area (Å²) in [5, 5.41) is 4.28. The Hall–Kier alpha value is -2.95. The fourth-order valence-corrected chi connectivity index (χ4v) is 2.63. The molecule has 0 saturated carbocycles. The Morgan fingerprint density at radius 2 is 1.96 bits per heavy atom. The van der Waals surface area contributed by atoms with Gasteiger partial charge < -0.3 is 5.73 Å². The lowest BCUT2D eigenvalue weighted by atomic mass is 10.0. The van der Waals surface area contributed by atoms with Gasteiger partial charge in [0.2, 0.25) is 0 Å². The van der Waals surface area contributed by atoms with Gasteiger partial charge in [0.25, 0.3) is 0 Å². The van der Waals surface area contributed by atoms with Crippen molar-refractivity contribution in [1.82, 2.24) is 14.8 Å². The Labute approximate surface area is 141 Å². The third kappa shape index (κ3) is 3.87. The highest BCUT2D eigenvalue weighted by molar-refractivity contribution is 5.95. The maximum atomic E-state index is 12.4. The van der Waals surface area contributed by atoms with Crippen LogP contribution in [0.15, 0.2) is 54.9 Å². The topological polar surface area (TPSA) is 73.8 Å². The van der Waals surface area contributed by atoms with Crippen LogP contribution in [0.3, 0.4) is 0 Å². The van der Waals surface area contributed by atoms with Crippen LogP contribution in [0.2, 0.25) is 0 Å². The molecular formula is C19H20N4O. The highest BCUT2D eigenvalue weighted by atomic mass is 16.1. The molecule has 0 aliphatic carbocycles. The van der Waals surface area contributed by atoms with E-state index in [1.54, 1.807) is 16.9 Å². The van der Waals surface area contributed by atoms with E-state index in [2.05, 4.69) is 10.1 Å². The van der Waals surface area contributed by atoms with E-state index in [0.717, 1.165) is 16.8 Å². The second kappa shape index (κ2) is 7.08. The van der Waals surface area contributed by atoms with Crippen molar-refractivity contribution in [2.24, 2.45) is 0 Å². The summed E-state index contributed by atoms with van der Waals surface area (Å²) in [5.74, 6) is 0.593. The number of nitrogens with two attached hydrogens (primary N) is 1. The molecule has 3 rings (SSSR count). The van der Waals surface area contributed by atoms with Gasteiger partial charge in [0.1, 0.15) is 5.82 Å². The number of benzene rings is 1. The Morgan fingerprint density at radius 3 is 2.71 bits per heavy atom. The molecule has 2 heterocycles. The zero-order valence-electron chi connectivity index (χ0n) is 13.6. The van der Waals surface area contributed by atoms with E-state index >= 15 is 0 Å². The van der Waals surface area contributed by atoms with Crippen molar-refractivity contribution >= 4 is 11.6 Å². The average molecular weight is 320 g/mol. The van der Waals surface area contributed by atoms with Crippen LogP contribution < -0.4 is 5.73 Å². The summed E-state index contributed by atoms with van der Waals surface area (Å²) in [5.41, 5.74) is 9.38. The highest BCUT2D eigenvalue weighted by Gasteiger charge is 2.10. The molecule has 1 aromatic carbocycles. The number of Topliss-reactive ketones (excluding diaryl/α,β-unsaturated/α-hetero) is 1. The number of nitrogens with zero attached hydrogens (tertiary/aromatic N) is 3. The standard InChI is InChI=1S/C19H20N4O/c1-14-16(8-10-19(20)22-14)7-9-18(24)17-11-21-23(13-17)12-15-5-3-2-4-6-15/h2-6,8,10-11,13H,7,9,12H2,1H3,(H2,20,22). The first-order valence-corrected chi connectivity index (χ1v) is 7.93. The molecule has 0 bridgehead atoms. The van der Waals surface area contributed by atoms with Crippen molar-refractivity contribution in [1.29, 1.82) is 0 Å². The Balaban J connectivity index is 1.61. The van der Waals surface area contributed by atoms with Crippen molar-refractivity contribution < 1.29 is 4.79 Å². The van der Waals surface area contributed by atoms with E-state index in [9.17, 15) is 4.79 Å². The molecule has 24 heavy (non-hydrogen) atoms. The van der Waals surface area contributed by atoms with Crippen LogP contribution in [-0.2, 0) is 13.0 Å². The minimum absolute atomic E-state index is 0.0885. The Kier molecular flexibility index (Phi) is 4.70. The number of aromatic nitrogens is 3. The molecule has 0 fully saturated rings. The third-order valence-corrected chi connectivity index (χ3v) is 3.98. The van der Waals surface area contributed by atoms with Crippen molar-refractivity contribution in [3.63, 3.8) is 0 Å². The fourth-order valence-electron chi connectivity index (χ4n) is 2.63. The fraction of sp³-hybridized carbons (Fsp3) is 0.211. The SMILES string of the molecule is Cc1nc(N)ccc1CCC(=O)c1cnn(Cc2ccccc2)c1. The number of pyridine rings is 1. The lowest BCUT2D eigenvalue weighted by Gasteiger charge is -2.05. The molecule has 5 heteroatoms. The second-order valence-electron chi connectivity index (χ2n) is 5.82. The van der Waals surface area contributed by atoms with Gasteiger partial charge >= 0.3 is 0 Å². The number of anilines is 1. The van der Waals surface area contributed by atoms with Crippen LogP contribution >= 0.6 is 0 Å². The first-order valence-electron chi connectivity index (χ1n) is 7.93. The molecule has 0 unspecified atom stereocenters.